The summed E-state index contributed by atoms with van der Waals surface area (Å²) in [5.41, 5.74) is 4.52. The molecule has 0 aliphatic heterocycles. The Labute approximate surface area is 269 Å². The molecular weight excluding hydrogens is 560 g/mol. The first-order valence-electron chi connectivity index (χ1n) is 15.1. The van der Waals surface area contributed by atoms with E-state index in [1.54, 1.807) is 13.2 Å². The molecule has 0 bridgehead atoms. The van der Waals surface area contributed by atoms with Crippen LogP contribution in [0.25, 0.3) is 0 Å². The fourth-order valence-electron chi connectivity index (χ4n) is 4.96. The maximum absolute atomic E-state index is 12.7. The lowest BCUT2D eigenvalue weighted by atomic mass is 9.77. The number of aliphatic hydroxyl groups excluding tert-OH is 1. The standard InChI is InChI=1S/C34H38N2O3.C3H6.C2H4.H2O/c1-26(33(38)36-31-20-16-27(25-37)17-21-31)11-9-10-24-35-34(28-12-5-3-6-13-28,29-14-7-4-8-15-29)30-18-22-32(39-2)23-19-30;1-3-2;1-2;/h3-8,12-23,26,35,37H,9-11,24-25H2,1-2H3,(H,36,38);3H,1H2,2H3;1-2H2;1H2/t26-;;;/m0.../s1. The number of allylic oxidation sites excluding steroid dienone is 1. The van der Waals surface area contributed by atoms with Crippen molar-refractivity contribution >= 4 is 11.6 Å². The second-order valence-corrected chi connectivity index (χ2v) is 10.3. The van der Waals surface area contributed by atoms with Gasteiger partial charge in [0, 0.05) is 11.6 Å². The Kier molecular flexibility index (Phi) is 18.2. The van der Waals surface area contributed by atoms with Crippen LogP contribution < -0.4 is 15.4 Å². The van der Waals surface area contributed by atoms with Crippen LogP contribution in [0.5, 0.6) is 5.75 Å². The van der Waals surface area contributed by atoms with Gasteiger partial charge in [0.2, 0.25) is 5.91 Å². The van der Waals surface area contributed by atoms with Crippen LogP contribution in [0.15, 0.2) is 135 Å². The van der Waals surface area contributed by atoms with Crippen LogP contribution in [0, 0.1) is 5.92 Å². The van der Waals surface area contributed by atoms with Crippen molar-refractivity contribution in [3.63, 3.8) is 0 Å². The van der Waals surface area contributed by atoms with Gasteiger partial charge in [-0.2, -0.15) is 0 Å². The predicted octanol–water partition coefficient (Wildman–Crippen LogP) is 7.68. The number of methoxy groups -OCH3 is 1. The Balaban J connectivity index is 0.00000159. The molecule has 1 amide bonds. The number of hydrogen-bond acceptors (Lipinski definition) is 4. The molecule has 0 aliphatic carbocycles. The third-order valence-corrected chi connectivity index (χ3v) is 7.24. The van der Waals surface area contributed by atoms with Crippen LogP contribution in [0.1, 0.15) is 55.4 Å². The normalized spacial score (nSPS) is 10.8. The minimum atomic E-state index is -0.529. The third kappa shape index (κ3) is 11.2. The van der Waals surface area contributed by atoms with E-state index in [4.69, 9.17) is 4.74 Å². The van der Waals surface area contributed by atoms with E-state index in [1.807, 2.05) is 62.4 Å². The lowest BCUT2D eigenvalue weighted by Crippen LogP contribution is -2.45. The highest BCUT2D eigenvalue weighted by Crippen LogP contribution is 2.37. The molecule has 240 valence electrons. The maximum atomic E-state index is 12.7. The molecule has 4 aromatic rings. The van der Waals surface area contributed by atoms with Gasteiger partial charge in [0.25, 0.3) is 0 Å². The number of carbonyl (C=O) groups excluding carboxylic acids is 1. The second kappa shape index (κ2) is 21.3. The molecule has 0 aliphatic rings. The number of anilines is 1. The summed E-state index contributed by atoms with van der Waals surface area (Å²) in [6, 6.07) is 36.7. The molecule has 0 unspecified atom stereocenters. The molecule has 0 radical (unpaired) electrons. The minimum Gasteiger partial charge on any atom is -0.497 e. The van der Waals surface area contributed by atoms with E-state index in [1.165, 1.54) is 11.1 Å². The van der Waals surface area contributed by atoms with Crippen molar-refractivity contribution in [2.75, 3.05) is 19.0 Å². The summed E-state index contributed by atoms with van der Waals surface area (Å²) in [5, 5.41) is 16.1. The summed E-state index contributed by atoms with van der Waals surface area (Å²) in [4.78, 5) is 12.7. The van der Waals surface area contributed by atoms with Crippen molar-refractivity contribution in [1.29, 1.82) is 0 Å². The number of hydrogen-bond donors (Lipinski definition) is 3. The van der Waals surface area contributed by atoms with Crippen molar-refractivity contribution in [3.05, 3.63) is 157 Å². The summed E-state index contributed by atoms with van der Waals surface area (Å²) in [6.07, 6.45) is 4.40. The number of nitrogens with one attached hydrogen (secondary N) is 2. The number of benzene rings is 4. The van der Waals surface area contributed by atoms with E-state index >= 15 is 0 Å². The molecule has 45 heavy (non-hydrogen) atoms. The molecule has 0 heterocycles. The number of rotatable bonds is 13. The monoisotopic (exact) mass is 610 g/mol. The first-order valence-corrected chi connectivity index (χ1v) is 15.1. The lowest BCUT2D eigenvalue weighted by molar-refractivity contribution is -0.119. The van der Waals surface area contributed by atoms with Crippen molar-refractivity contribution < 1.29 is 20.1 Å². The number of aliphatic hydroxyl groups is 1. The predicted molar refractivity (Wildman–Crippen MR) is 189 cm³/mol. The average molecular weight is 611 g/mol. The van der Waals surface area contributed by atoms with Gasteiger partial charge in [-0.05, 0) is 72.8 Å². The fourth-order valence-corrected chi connectivity index (χ4v) is 4.96. The van der Waals surface area contributed by atoms with E-state index < -0.39 is 5.54 Å². The van der Waals surface area contributed by atoms with Gasteiger partial charge in [-0.3, -0.25) is 10.1 Å². The number of ether oxygens (including phenoxy) is 1. The summed E-state index contributed by atoms with van der Waals surface area (Å²) < 4.78 is 5.43. The molecule has 0 spiro atoms. The molecular formula is C39H50N2O4. The highest BCUT2D eigenvalue weighted by atomic mass is 16.5. The zero-order chi connectivity index (χ0) is 32.2. The van der Waals surface area contributed by atoms with Crippen molar-refractivity contribution in [3.8, 4) is 5.75 Å². The van der Waals surface area contributed by atoms with Crippen molar-refractivity contribution in [1.82, 2.24) is 5.32 Å². The molecule has 4 rings (SSSR count). The Morgan fingerprint density at radius 1 is 0.844 bits per heavy atom. The highest BCUT2D eigenvalue weighted by Gasteiger charge is 2.35. The van der Waals surface area contributed by atoms with E-state index in [2.05, 4.69) is 91.0 Å². The topological polar surface area (TPSA) is 102 Å². The molecule has 0 saturated heterocycles. The average Bonchev–Trinajstić information content (AvgIpc) is 3.09. The molecule has 0 fully saturated rings. The first-order chi connectivity index (χ1) is 21.5. The molecule has 4 aromatic carbocycles. The van der Waals surface area contributed by atoms with E-state index in [0.717, 1.165) is 48.4 Å². The van der Waals surface area contributed by atoms with Crippen molar-refractivity contribution in [2.24, 2.45) is 5.92 Å². The number of carbonyl (C=O) groups is 1. The van der Waals surface area contributed by atoms with Gasteiger partial charge in [0.15, 0.2) is 0 Å². The summed E-state index contributed by atoms with van der Waals surface area (Å²) in [5.74, 6) is 0.739. The first kappa shape index (κ1) is 38.5. The van der Waals surface area contributed by atoms with Crippen LogP contribution in [0.2, 0.25) is 0 Å². The molecule has 6 nitrogen and oxygen atoms in total. The number of unbranched alkanes of at least 4 members (excludes halogenated alkanes) is 1. The van der Waals surface area contributed by atoms with E-state index in [-0.39, 0.29) is 23.9 Å². The van der Waals surface area contributed by atoms with Crippen LogP contribution in [0.4, 0.5) is 5.69 Å². The SMILES string of the molecule is C=C.C=CC.COc1ccc(C(NCCCC[C@H](C)C(=O)Nc2ccc(CO)cc2)(c2ccccc2)c2ccccc2)cc1.O. The lowest BCUT2D eigenvalue weighted by Gasteiger charge is -2.37. The molecule has 6 heteroatoms. The molecule has 0 saturated carbocycles. The summed E-state index contributed by atoms with van der Waals surface area (Å²) in [7, 11) is 1.68. The highest BCUT2D eigenvalue weighted by molar-refractivity contribution is 5.92. The molecule has 1 atom stereocenters. The zero-order valence-electron chi connectivity index (χ0n) is 27.0. The Morgan fingerprint density at radius 3 is 1.80 bits per heavy atom. The Morgan fingerprint density at radius 2 is 1.33 bits per heavy atom. The molecule has 0 aromatic heterocycles. The summed E-state index contributed by atoms with van der Waals surface area (Å²) in [6.45, 7) is 14.0. The Hall–Kier alpha value is -4.49. The van der Waals surface area contributed by atoms with Crippen LogP contribution in [0.3, 0.4) is 0 Å². The van der Waals surface area contributed by atoms with Gasteiger partial charge >= 0.3 is 0 Å². The van der Waals surface area contributed by atoms with Crippen molar-refractivity contribution in [2.45, 2.75) is 45.3 Å². The smallest absolute Gasteiger partial charge is 0.227 e. The van der Waals surface area contributed by atoms with Gasteiger partial charge < -0.3 is 20.6 Å². The summed E-state index contributed by atoms with van der Waals surface area (Å²) >= 11 is 0. The van der Waals surface area contributed by atoms with Gasteiger partial charge in [-0.1, -0.05) is 104 Å². The van der Waals surface area contributed by atoms with Gasteiger partial charge in [0.05, 0.1) is 19.3 Å². The van der Waals surface area contributed by atoms with E-state index in [0.29, 0.717) is 0 Å². The van der Waals surface area contributed by atoms with Gasteiger partial charge in [-0.15, -0.1) is 19.7 Å². The van der Waals surface area contributed by atoms with Gasteiger partial charge in [0.1, 0.15) is 5.75 Å². The Bertz CT molecular complexity index is 1320. The van der Waals surface area contributed by atoms with Gasteiger partial charge in [-0.25, -0.2) is 0 Å². The fraction of sp³-hybridized carbons (Fsp3) is 0.256. The number of amides is 1. The largest absolute Gasteiger partial charge is 0.497 e. The van der Waals surface area contributed by atoms with E-state index in [9.17, 15) is 9.90 Å². The zero-order valence-corrected chi connectivity index (χ0v) is 27.0. The second-order valence-electron chi connectivity index (χ2n) is 10.3. The van der Waals surface area contributed by atoms with Crippen LogP contribution in [-0.2, 0) is 16.9 Å². The van der Waals surface area contributed by atoms with Crippen LogP contribution >= 0.6 is 0 Å². The molecule has 5 N–H and O–H groups in total. The van der Waals surface area contributed by atoms with Crippen LogP contribution in [-0.4, -0.2) is 30.1 Å². The quantitative estimate of drug-likeness (QED) is 0.0821. The minimum absolute atomic E-state index is 0. The maximum Gasteiger partial charge on any atom is 0.227 e. The third-order valence-electron chi connectivity index (χ3n) is 7.24.